The van der Waals surface area contributed by atoms with Gasteiger partial charge in [-0.1, -0.05) is 19.1 Å². The van der Waals surface area contributed by atoms with Gasteiger partial charge in [0, 0.05) is 11.8 Å². The van der Waals surface area contributed by atoms with Gasteiger partial charge in [0.25, 0.3) is 0 Å². The molecule has 0 unspecified atom stereocenters. The summed E-state index contributed by atoms with van der Waals surface area (Å²) in [5, 5.41) is 0. The highest BCUT2D eigenvalue weighted by atomic mass is 16.5. The lowest BCUT2D eigenvalue weighted by Crippen LogP contribution is -2.08. The number of carbonyl (C=O) groups is 1. The first-order valence-corrected chi connectivity index (χ1v) is 4.85. The molecular weight excluding hydrogens is 178 g/mol. The minimum Gasteiger partial charge on any atom is -0.463 e. The van der Waals surface area contributed by atoms with Crippen LogP contribution in [-0.4, -0.2) is 12.6 Å². The van der Waals surface area contributed by atoms with E-state index in [2.05, 4.69) is 0 Å². The van der Waals surface area contributed by atoms with Crippen molar-refractivity contribution in [2.75, 3.05) is 6.61 Å². The van der Waals surface area contributed by atoms with E-state index in [1.54, 1.807) is 6.92 Å². The fraction of sp³-hybridized carbons (Fsp3) is 0.545. The van der Waals surface area contributed by atoms with Crippen molar-refractivity contribution in [2.24, 2.45) is 11.7 Å². The lowest BCUT2D eigenvalue weighted by Gasteiger charge is -2.05. The summed E-state index contributed by atoms with van der Waals surface area (Å²) in [5.41, 5.74) is 6.23. The lowest BCUT2D eigenvalue weighted by atomic mass is 10.1. The highest BCUT2D eigenvalue weighted by molar-refractivity contribution is 5.82. The third-order valence-electron chi connectivity index (χ3n) is 1.67. The Kier molecular flexibility index (Phi) is 6.54. The van der Waals surface area contributed by atoms with Crippen molar-refractivity contribution in [1.82, 2.24) is 0 Å². The number of esters is 1. The predicted molar refractivity (Wildman–Crippen MR) is 57.5 cm³/mol. The first kappa shape index (κ1) is 12.8. The lowest BCUT2D eigenvalue weighted by molar-refractivity contribution is -0.137. The Labute approximate surface area is 85.6 Å². The van der Waals surface area contributed by atoms with Crippen LogP contribution in [0.4, 0.5) is 0 Å². The fourth-order valence-electron chi connectivity index (χ4n) is 1.16. The zero-order valence-electron chi connectivity index (χ0n) is 9.12. The Morgan fingerprint density at radius 2 is 2.21 bits per heavy atom. The Morgan fingerprint density at radius 3 is 2.71 bits per heavy atom. The molecule has 14 heavy (non-hydrogen) atoms. The molecule has 0 aliphatic carbocycles. The van der Waals surface area contributed by atoms with E-state index < -0.39 is 0 Å². The van der Waals surface area contributed by atoms with Crippen LogP contribution in [-0.2, 0) is 9.53 Å². The van der Waals surface area contributed by atoms with Gasteiger partial charge < -0.3 is 10.5 Å². The average Bonchev–Trinajstić information content (AvgIpc) is 2.03. The molecule has 0 saturated heterocycles. The van der Waals surface area contributed by atoms with Crippen LogP contribution in [0.15, 0.2) is 23.9 Å². The zero-order chi connectivity index (χ0) is 11.0. The van der Waals surface area contributed by atoms with Crippen molar-refractivity contribution in [2.45, 2.75) is 27.2 Å². The van der Waals surface area contributed by atoms with E-state index in [4.69, 9.17) is 10.5 Å². The second-order valence-corrected chi connectivity index (χ2v) is 3.18. The summed E-state index contributed by atoms with van der Waals surface area (Å²) in [7, 11) is 0. The molecule has 0 radical (unpaired) electrons. The summed E-state index contributed by atoms with van der Waals surface area (Å²) in [6.07, 6.45) is 6.06. The van der Waals surface area contributed by atoms with Gasteiger partial charge in [0.1, 0.15) is 0 Å². The molecule has 0 spiro atoms. The maximum absolute atomic E-state index is 11.0. The molecule has 0 aliphatic heterocycles. The average molecular weight is 197 g/mol. The highest BCUT2D eigenvalue weighted by Crippen LogP contribution is 2.08. The van der Waals surface area contributed by atoms with Crippen molar-refractivity contribution in [3.63, 3.8) is 0 Å². The van der Waals surface area contributed by atoms with Crippen molar-refractivity contribution < 1.29 is 9.53 Å². The van der Waals surface area contributed by atoms with E-state index in [-0.39, 0.29) is 5.97 Å². The van der Waals surface area contributed by atoms with Crippen molar-refractivity contribution >= 4 is 5.97 Å². The number of hydrogen-bond acceptors (Lipinski definition) is 3. The zero-order valence-corrected chi connectivity index (χ0v) is 9.12. The summed E-state index contributed by atoms with van der Waals surface area (Å²) >= 11 is 0. The molecule has 0 saturated carbocycles. The van der Waals surface area contributed by atoms with Crippen LogP contribution in [0.2, 0.25) is 0 Å². The topological polar surface area (TPSA) is 52.3 Å². The molecule has 1 atom stereocenters. The number of rotatable bonds is 5. The molecule has 2 N–H and O–H groups in total. The second kappa shape index (κ2) is 7.18. The predicted octanol–water partition coefficient (Wildman–Crippen LogP) is 1.99. The van der Waals surface area contributed by atoms with Crippen molar-refractivity contribution in [3.8, 4) is 0 Å². The minimum atomic E-state index is -0.363. The fourth-order valence-corrected chi connectivity index (χ4v) is 1.16. The van der Waals surface area contributed by atoms with E-state index in [0.717, 1.165) is 0 Å². The molecule has 0 rings (SSSR count). The van der Waals surface area contributed by atoms with Crippen LogP contribution in [0.3, 0.4) is 0 Å². The van der Waals surface area contributed by atoms with Crippen LogP contribution in [0.1, 0.15) is 27.2 Å². The SMILES string of the molecule is C/C=C/[C@@H](C)CC(N)=CC(=O)OCC. The van der Waals surface area contributed by atoms with Gasteiger partial charge in [0.15, 0.2) is 0 Å². The minimum absolute atomic E-state index is 0.352. The van der Waals surface area contributed by atoms with Gasteiger partial charge in [-0.25, -0.2) is 4.79 Å². The number of nitrogens with two attached hydrogens (primary N) is 1. The molecule has 3 nitrogen and oxygen atoms in total. The second-order valence-electron chi connectivity index (χ2n) is 3.18. The van der Waals surface area contributed by atoms with Crippen LogP contribution < -0.4 is 5.73 Å². The quantitative estimate of drug-likeness (QED) is 0.416. The molecule has 0 fully saturated rings. The van der Waals surface area contributed by atoms with E-state index in [9.17, 15) is 4.79 Å². The third kappa shape index (κ3) is 6.29. The number of hydrogen-bond donors (Lipinski definition) is 1. The molecule has 80 valence electrons. The van der Waals surface area contributed by atoms with E-state index >= 15 is 0 Å². The molecule has 0 aromatic rings. The van der Waals surface area contributed by atoms with Gasteiger partial charge in [-0.05, 0) is 26.2 Å². The van der Waals surface area contributed by atoms with Gasteiger partial charge >= 0.3 is 5.97 Å². The summed E-state index contributed by atoms with van der Waals surface area (Å²) in [4.78, 5) is 11.0. The molecule has 3 heteroatoms. The maximum atomic E-state index is 11.0. The molecule has 0 amide bonds. The maximum Gasteiger partial charge on any atom is 0.332 e. The van der Waals surface area contributed by atoms with E-state index in [1.807, 2.05) is 26.0 Å². The Bertz CT molecular complexity index is 231. The monoisotopic (exact) mass is 197 g/mol. The van der Waals surface area contributed by atoms with E-state index in [1.165, 1.54) is 6.08 Å². The van der Waals surface area contributed by atoms with Crippen LogP contribution >= 0.6 is 0 Å². The number of carbonyl (C=O) groups excluding carboxylic acids is 1. The molecule has 0 aromatic heterocycles. The van der Waals surface area contributed by atoms with Crippen molar-refractivity contribution in [1.29, 1.82) is 0 Å². The summed E-state index contributed by atoms with van der Waals surface area (Å²) in [6.45, 7) is 6.16. The standard InChI is InChI=1S/C11H19NO2/c1-4-6-9(3)7-10(12)8-11(13)14-5-2/h4,6,8-9H,5,7,12H2,1-3H3/b6-4+,10-8?/t9-/m1/s1. The first-order chi connectivity index (χ1) is 6.60. The normalized spacial score (nSPS) is 14.4. The number of allylic oxidation sites excluding steroid dienone is 3. The summed E-state index contributed by atoms with van der Waals surface area (Å²) in [5.74, 6) is -0.0108. The first-order valence-electron chi connectivity index (χ1n) is 4.85. The third-order valence-corrected chi connectivity index (χ3v) is 1.67. The Morgan fingerprint density at radius 1 is 1.57 bits per heavy atom. The van der Waals surface area contributed by atoms with E-state index in [0.29, 0.717) is 24.6 Å². The molecule has 0 bridgehead atoms. The van der Waals surface area contributed by atoms with Gasteiger partial charge in [-0.15, -0.1) is 0 Å². The summed E-state index contributed by atoms with van der Waals surface area (Å²) < 4.78 is 4.74. The summed E-state index contributed by atoms with van der Waals surface area (Å²) in [6, 6.07) is 0. The van der Waals surface area contributed by atoms with Gasteiger partial charge in [-0.3, -0.25) is 0 Å². The molecule has 0 heterocycles. The van der Waals surface area contributed by atoms with Gasteiger partial charge in [0.2, 0.25) is 0 Å². The van der Waals surface area contributed by atoms with Crippen LogP contribution in [0.5, 0.6) is 0 Å². The van der Waals surface area contributed by atoms with Crippen molar-refractivity contribution in [3.05, 3.63) is 23.9 Å². The molecular formula is C11H19NO2. The van der Waals surface area contributed by atoms with Gasteiger partial charge in [0.05, 0.1) is 6.61 Å². The highest BCUT2D eigenvalue weighted by Gasteiger charge is 2.02. The smallest absolute Gasteiger partial charge is 0.332 e. The largest absolute Gasteiger partial charge is 0.463 e. The van der Waals surface area contributed by atoms with Crippen LogP contribution in [0.25, 0.3) is 0 Å². The van der Waals surface area contributed by atoms with Gasteiger partial charge in [-0.2, -0.15) is 0 Å². The Hall–Kier alpha value is -1.25. The molecule has 0 aliphatic rings. The van der Waals surface area contributed by atoms with Crippen LogP contribution in [0, 0.1) is 5.92 Å². The number of ether oxygens (including phenoxy) is 1. The molecule has 0 aromatic carbocycles. The Balaban J connectivity index is 4.05.